The van der Waals surface area contributed by atoms with Crippen molar-refractivity contribution >= 4 is 0 Å². The summed E-state index contributed by atoms with van der Waals surface area (Å²) in [5.74, 6) is 2.89. The van der Waals surface area contributed by atoms with Crippen molar-refractivity contribution in [3.05, 3.63) is 29.7 Å². The molecule has 0 radical (unpaired) electrons. The van der Waals surface area contributed by atoms with Crippen LogP contribution in [-0.2, 0) is 6.54 Å². The Balaban J connectivity index is 1.88. The fraction of sp³-hybridized carbons (Fsp3) is 0.500. The summed E-state index contributed by atoms with van der Waals surface area (Å²) >= 11 is 0. The van der Waals surface area contributed by atoms with Crippen molar-refractivity contribution < 1.29 is 13.9 Å². The van der Waals surface area contributed by atoms with Crippen molar-refractivity contribution in [3.8, 4) is 23.0 Å². The minimum Gasteiger partial charge on any atom is -0.497 e. The predicted molar refractivity (Wildman–Crippen MR) is 92.5 cm³/mol. The van der Waals surface area contributed by atoms with E-state index in [1.807, 2.05) is 25.1 Å². The molecule has 24 heavy (non-hydrogen) atoms. The van der Waals surface area contributed by atoms with Crippen LogP contribution in [0.2, 0.25) is 0 Å². The molecule has 3 rings (SSSR count). The van der Waals surface area contributed by atoms with Gasteiger partial charge in [0.25, 0.3) is 0 Å². The highest BCUT2D eigenvalue weighted by molar-refractivity contribution is 5.65. The van der Waals surface area contributed by atoms with Gasteiger partial charge in [0.1, 0.15) is 17.3 Å². The van der Waals surface area contributed by atoms with Gasteiger partial charge in [-0.1, -0.05) is 0 Å². The molecule has 130 valence electrons. The van der Waals surface area contributed by atoms with E-state index in [0.717, 1.165) is 54.7 Å². The van der Waals surface area contributed by atoms with Crippen LogP contribution in [0.15, 0.2) is 22.6 Å². The van der Waals surface area contributed by atoms with Crippen LogP contribution in [0.3, 0.4) is 0 Å². The molecule has 1 aliphatic rings. The van der Waals surface area contributed by atoms with E-state index in [-0.39, 0.29) is 0 Å². The Morgan fingerprint density at radius 3 is 2.88 bits per heavy atom. The van der Waals surface area contributed by atoms with E-state index < -0.39 is 0 Å². The summed E-state index contributed by atoms with van der Waals surface area (Å²) in [6.07, 6.45) is 0. The first kappa shape index (κ1) is 16.8. The highest BCUT2D eigenvalue weighted by Gasteiger charge is 2.22. The molecule has 0 saturated carbocycles. The van der Waals surface area contributed by atoms with Crippen LogP contribution in [0.4, 0.5) is 0 Å². The van der Waals surface area contributed by atoms with Crippen LogP contribution in [0.1, 0.15) is 18.4 Å². The van der Waals surface area contributed by atoms with Crippen molar-refractivity contribution in [2.45, 2.75) is 26.4 Å². The summed E-state index contributed by atoms with van der Waals surface area (Å²) in [4.78, 5) is 7.15. The van der Waals surface area contributed by atoms with E-state index in [1.165, 1.54) is 0 Å². The summed E-state index contributed by atoms with van der Waals surface area (Å²) in [5.41, 5.74) is 1.78. The van der Waals surface area contributed by atoms with Gasteiger partial charge in [-0.3, -0.25) is 4.90 Å². The van der Waals surface area contributed by atoms with Crippen molar-refractivity contribution in [3.63, 3.8) is 0 Å². The quantitative estimate of drug-likeness (QED) is 0.908. The topological polar surface area (TPSA) is 59.8 Å². The third kappa shape index (κ3) is 3.39. The molecule has 0 unspecified atom stereocenters. The summed E-state index contributed by atoms with van der Waals surface area (Å²) in [6, 6.07) is 6.11. The molecule has 1 aromatic heterocycles. The second kappa shape index (κ2) is 7.23. The number of nitrogens with one attached hydrogen (secondary N) is 1. The molecule has 2 aromatic rings. The maximum Gasteiger partial charge on any atom is 0.230 e. The third-order valence-electron chi connectivity index (χ3n) is 4.52. The van der Waals surface area contributed by atoms with E-state index in [2.05, 4.69) is 17.1 Å². The number of piperazine rings is 1. The first-order valence-electron chi connectivity index (χ1n) is 8.26. The van der Waals surface area contributed by atoms with Gasteiger partial charge in [0.05, 0.1) is 25.5 Å². The van der Waals surface area contributed by atoms with Crippen LogP contribution < -0.4 is 14.8 Å². The lowest BCUT2D eigenvalue weighted by molar-refractivity contribution is 0.163. The monoisotopic (exact) mass is 331 g/mol. The second-order valence-electron chi connectivity index (χ2n) is 6.11. The Kier molecular flexibility index (Phi) is 5.06. The van der Waals surface area contributed by atoms with Crippen molar-refractivity contribution in [2.75, 3.05) is 33.9 Å². The molecule has 0 amide bonds. The number of benzene rings is 1. The van der Waals surface area contributed by atoms with Gasteiger partial charge in [-0.2, -0.15) is 0 Å². The number of hydrogen-bond donors (Lipinski definition) is 1. The third-order valence-corrected chi connectivity index (χ3v) is 4.52. The number of methoxy groups -OCH3 is 2. The number of aryl methyl sites for hydroxylation is 1. The van der Waals surface area contributed by atoms with E-state index >= 15 is 0 Å². The van der Waals surface area contributed by atoms with Crippen molar-refractivity contribution in [1.82, 2.24) is 15.2 Å². The zero-order valence-corrected chi connectivity index (χ0v) is 14.8. The van der Waals surface area contributed by atoms with Crippen LogP contribution in [-0.4, -0.2) is 49.8 Å². The number of rotatable bonds is 5. The van der Waals surface area contributed by atoms with Crippen LogP contribution in [0, 0.1) is 6.92 Å². The summed E-state index contributed by atoms with van der Waals surface area (Å²) in [7, 11) is 3.29. The summed E-state index contributed by atoms with van der Waals surface area (Å²) in [6.45, 7) is 8.03. The Labute approximate surface area is 142 Å². The molecule has 6 nitrogen and oxygen atoms in total. The van der Waals surface area contributed by atoms with E-state index in [1.54, 1.807) is 14.2 Å². The van der Waals surface area contributed by atoms with Gasteiger partial charge in [-0.05, 0) is 32.0 Å². The molecule has 2 heterocycles. The normalized spacial score (nSPS) is 18.6. The molecule has 1 aromatic carbocycles. The predicted octanol–water partition coefficient (Wildman–Crippen LogP) is 2.46. The highest BCUT2D eigenvalue weighted by atomic mass is 16.5. The molecular formula is C18H25N3O3. The lowest BCUT2D eigenvalue weighted by Gasteiger charge is -2.33. The van der Waals surface area contributed by atoms with Gasteiger partial charge < -0.3 is 19.2 Å². The molecule has 1 saturated heterocycles. The van der Waals surface area contributed by atoms with E-state index in [9.17, 15) is 0 Å². The van der Waals surface area contributed by atoms with Crippen molar-refractivity contribution in [1.29, 1.82) is 0 Å². The molecular weight excluding hydrogens is 306 g/mol. The van der Waals surface area contributed by atoms with Gasteiger partial charge in [0.15, 0.2) is 0 Å². The zero-order chi connectivity index (χ0) is 17.1. The average Bonchev–Trinajstić information content (AvgIpc) is 2.97. The highest BCUT2D eigenvalue weighted by Crippen LogP contribution is 2.34. The molecule has 0 aliphatic carbocycles. The number of nitrogens with zero attached hydrogens (tertiary/aromatic N) is 2. The van der Waals surface area contributed by atoms with Gasteiger partial charge >= 0.3 is 0 Å². The molecule has 0 spiro atoms. The minimum absolute atomic E-state index is 0.490. The lowest BCUT2D eigenvalue weighted by atomic mass is 10.2. The Morgan fingerprint density at radius 2 is 2.17 bits per heavy atom. The number of oxazole rings is 1. The molecule has 1 aliphatic heterocycles. The fourth-order valence-corrected chi connectivity index (χ4v) is 2.98. The Bertz CT molecular complexity index is 699. The number of aromatic nitrogens is 1. The van der Waals surface area contributed by atoms with Crippen molar-refractivity contribution in [2.24, 2.45) is 0 Å². The number of ether oxygens (including phenoxy) is 2. The largest absolute Gasteiger partial charge is 0.497 e. The van der Waals surface area contributed by atoms with E-state index in [4.69, 9.17) is 18.9 Å². The van der Waals surface area contributed by atoms with Gasteiger partial charge in [-0.25, -0.2) is 4.98 Å². The first-order valence-corrected chi connectivity index (χ1v) is 8.26. The average molecular weight is 331 g/mol. The van der Waals surface area contributed by atoms with Gasteiger partial charge in [-0.15, -0.1) is 0 Å². The summed E-state index contributed by atoms with van der Waals surface area (Å²) < 4.78 is 16.7. The zero-order valence-electron chi connectivity index (χ0n) is 14.8. The van der Waals surface area contributed by atoms with Crippen LogP contribution in [0.25, 0.3) is 11.5 Å². The lowest BCUT2D eigenvalue weighted by Crippen LogP contribution is -2.49. The second-order valence-corrected chi connectivity index (χ2v) is 6.11. The summed E-state index contributed by atoms with van der Waals surface area (Å²) in [5, 5.41) is 3.41. The van der Waals surface area contributed by atoms with Crippen LogP contribution in [0.5, 0.6) is 11.5 Å². The molecule has 1 atom stereocenters. The molecule has 1 fully saturated rings. The molecule has 1 N–H and O–H groups in total. The SMILES string of the molecule is COc1ccc(OC)c(-c2nc(CN3CCNC[C@H]3C)c(C)o2)c1. The molecule has 6 heteroatoms. The van der Waals surface area contributed by atoms with E-state index in [0.29, 0.717) is 11.9 Å². The maximum absolute atomic E-state index is 5.93. The fourth-order valence-electron chi connectivity index (χ4n) is 2.98. The first-order chi connectivity index (χ1) is 11.6. The Hall–Kier alpha value is -2.05. The van der Waals surface area contributed by atoms with Gasteiger partial charge in [0.2, 0.25) is 5.89 Å². The molecule has 0 bridgehead atoms. The minimum atomic E-state index is 0.490. The standard InChI is InChI=1S/C18H25N3O3/c1-12-10-19-7-8-21(12)11-16-13(2)24-18(20-16)15-9-14(22-3)5-6-17(15)23-4/h5-6,9,12,19H,7-8,10-11H2,1-4H3/t12-/m1/s1. The maximum atomic E-state index is 5.93. The number of hydrogen-bond acceptors (Lipinski definition) is 6. The smallest absolute Gasteiger partial charge is 0.230 e. The van der Waals surface area contributed by atoms with Gasteiger partial charge in [0, 0.05) is 32.2 Å². The Morgan fingerprint density at radius 1 is 1.33 bits per heavy atom. The van der Waals surface area contributed by atoms with Crippen LogP contribution >= 0.6 is 0 Å².